The molecule has 0 fully saturated rings. The first kappa shape index (κ1) is 18.7. The number of aromatic nitrogens is 3. The quantitative estimate of drug-likeness (QED) is 0.498. The van der Waals surface area contributed by atoms with Gasteiger partial charge in [0.1, 0.15) is 0 Å². The van der Waals surface area contributed by atoms with E-state index >= 15 is 0 Å². The Kier molecular flexibility index (Phi) is 5.94. The maximum Gasteiger partial charge on any atom is 0.232 e. The van der Waals surface area contributed by atoms with Gasteiger partial charge in [0.05, 0.1) is 18.2 Å². The minimum atomic E-state index is -0.0751. The van der Waals surface area contributed by atoms with Crippen LogP contribution in [0.4, 0.5) is 0 Å². The lowest BCUT2D eigenvalue weighted by molar-refractivity contribution is -0.127. The molecule has 1 aromatic heterocycles. The van der Waals surface area contributed by atoms with Crippen molar-refractivity contribution in [2.24, 2.45) is 0 Å². The van der Waals surface area contributed by atoms with Crippen LogP contribution in [0.1, 0.15) is 17.8 Å². The van der Waals surface area contributed by atoms with Gasteiger partial charge in [0.25, 0.3) is 0 Å². The van der Waals surface area contributed by atoms with Gasteiger partial charge in [-0.2, -0.15) is 5.26 Å². The predicted molar refractivity (Wildman–Crippen MR) is 106 cm³/mol. The molecule has 8 heteroatoms. The fourth-order valence-electron chi connectivity index (χ4n) is 2.72. The maximum absolute atomic E-state index is 12.1. The molecule has 0 unspecified atom stereocenters. The van der Waals surface area contributed by atoms with Crippen molar-refractivity contribution in [1.82, 2.24) is 19.8 Å². The molecule has 0 aliphatic rings. The number of benzene rings is 2. The van der Waals surface area contributed by atoms with Crippen LogP contribution < -0.4 is 5.84 Å². The van der Waals surface area contributed by atoms with E-state index in [4.69, 9.17) is 11.1 Å². The largest absolute Gasteiger partial charge is 0.344 e. The van der Waals surface area contributed by atoms with Crippen molar-refractivity contribution in [1.29, 1.82) is 5.26 Å². The Bertz CT molecular complexity index is 988. The SMILES string of the molecule is CN(CCC#N)C(=O)CSc1nnc(Cc2cccc3ccccc23)n1N. The fraction of sp³-hybridized carbons (Fsp3) is 0.263. The molecule has 0 saturated carbocycles. The Morgan fingerprint density at radius 3 is 2.85 bits per heavy atom. The summed E-state index contributed by atoms with van der Waals surface area (Å²) in [5.41, 5.74) is 1.12. The van der Waals surface area contributed by atoms with Crippen LogP contribution >= 0.6 is 11.8 Å². The van der Waals surface area contributed by atoms with Gasteiger partial charge >= 0.3 is 0 Å². The minimum absolute atomic E-state index is 0.0751. The highest BCUT2D eigenvalue weighted by Gasteiger charge is 2.15. The zero-order valence-electron chi connectivity index (χ0n) is 15.0. The molecule has 27 heavy (non-hydrogen) atoms. The molecular weight excluding hydrogens is 360 g/mol. The molecule has 0 aliphatic carbocycles. The molecule has 0 atom stereocenters. The maximum atomic E-state index is 12.1. The third kappa shape index (κ3) is 4.38. The number of nitrogens with two attached hydrogens (primary N) is 1. The van der Waals surface area contributed by atoms with Crippen molar-refractivity contribution in [3.63, 3.8) is 0 Å². The van der Waals surface area contributed by atoms with Crippen molar-refractivity contribution in [3.05, 3.63) is 53.9 Å². The Morgan fingerprint density at radius 1 is 1.26 bits per heavy atom. The summed E-state index contributed by atoms with van der Waals surface area (Å²) in [6.07, 6.45) is 0.872. The zero-order valence-corrected chi connectivity index (χ0v) is 15.8. The Balaban J connectivity index is 1.68. The molecule has 3 aromatic rings. The summed E-state index contributed by atoms with van der Waals surface area (Å²) in [5, 5.41) is 19.7. The summed E-state index contributed by atoms with van der Waals surface area (Å²) >= 11 is 1.24. The summed E-state index contributed by atoms with van der Waals surface area (Å²) < 4.78 is 1.44. The molecule has 0 aliphatic heterocycles. The molecule has 1 heterocycles. The Hall–Kier alpha value is -3.05. The Morgan fingerprint density at radius 2 is 2.04 bits per heavy atom. The minimum Gasteiger partial charge on any atom is -0.344 e. The first-order chi connectivity index (χ1) is 13.1. The second-order valence-corrected chi connectivity index (χ2v) is 7.04. The smallest absolute Gasteiger partial charge is 0.232 e. The Labute approximate surface area is 161 Å². The third-order valence-electron chi connectivity index (χ3n) is 4.27. The zero-order chi connectivity index (χ0) is 19.2. The van der Waals surface area contributed by atoms with Gasteiger partial charge in [0, 0.05) is 20.0 Å². The number of amides is 1. The van der Waals surface area contributed by atoms with E-state index in [1.165, 1.54) is 26.7 Å². The summed E-state index contributed by atoms with van der Waals surface area (Å²) in [6, 6.07) is 16.3. The van der Waals surface area contributed by atoms with Gasteiger partial charge in [0.15, 0.2) is 5.82 Å². The second kappa shape index (κ2) is 8.56. The standard InChI is InChI=1S/C19H20N6OS/c1-24(11-5-10-20)18(26)13-27-19-23-22-17(25(19)21)12-15-8-4-7-14-6-2-3-9-16(14)15/h2-4,6-9H,5,11-13,21H2,1H3. The van der Waals surface area contributed by atoms with Crippen molar-refractivity contribution in [2.45, 2.75) is 18.0 Å². The molecular formula is C19H20N6OS. The second-order valence-electron chi connectivity index (χ2n) is 6.10. The molecule has 0 spiro atoms. The predicted octanol–water partition coefficient (Wildman–Crippen LogP) is 2.20. The lowest BCUT2D eigenvalue weighted by Gasteiger charge is -2.14. The van der Waals surface area contributed by atoms with E-state index in [1.54, 1.807) is 7.05 Å². The van der Waals surface area contributed by atoms with Crippen molar-refractivity contribution < 1.29 is 4.79 Å². The highest BCUT2D eigenvalue weighted by molar-refractivity contribution is 7.99. The van der Waals surface area contributed by atoms with Gasteiger partial charge in [-0.05, 0) is 16.3 Å². The van der Waals surface area contributed by atoms with Gasteiger partial charge in [-0.3, -0.25) is 4.79 Å². The summed E-state index contributed by atoms with van der Waals surface area (Å²) in [7, 11) is 1.68. The van der Waals surface area contributed by atoms with E-state index in [9.17, 15) is 4.79 Å². The number of nitrogens with zero attached hydrogens (tertiary/aromatic N) is 5. The average Bonchev–Trinajstić information content (AvgIpc) is 3.04. The van der Waals surface area contributed by atoms with E-state index in [1.807, 2.05) is 24.3 Å². The lowest BCUT2D eigenvalue weighted by atomic mass is 10.0. The normalized spacial score (nSPS) is 10.7. The molecule has 138 valence electrons. The summed E-state index contributed by atoms with van der Waals surface area (Å²) in [5.74, 6) is 6.90. The molecule has 2 aromatic carbocycles. The van der Waals surface area contributed by atoms with Crippen LogP contribution in [0.5, 0.6) is 0 Å². The van der Waals surface area contributed by atoms with Crippen molar-refractivity contribution in [3.8, 4) is 6.07 Å². The lowest BCUT2D eigenvalue weighted by Crippen LogP contribution is -2.29. The van der Waals surface area contributed by atoms with Crippen molar-refractivity contribution in [2.75, 3.05) is 25.2 Å². The number of fused-ring (bicyclic) bond motifs is 1. The molecule has 0 bridgehead atoms. The third-order valence-corrected chi connectivity index (χ3v) is 5.20. The van der Waals surface area contributed by atoms with Crippen LogP contribution in [-0.2, 0) is 11.2 Å². The number of nitrogen functional groups attached to an aromatic ring is 1. The molecule has 1 amide bonds. The number of carbonyl (C=O) groups excluding carboxylic acids is 1. The van der Waals surface area contributed by atoms with Crippen LogP contribution in [0.3, 0.4) is 0 Å². The van der Waals surface area contributed by atoms with E-state index in [0.717, 1.165) is 10.9 Å². The number of hydrogen-bond acceptors (Lipinski definition) is 6. The molecule has 0 radical (unpaired) electrons. The van der Waals surface area contributed by atoms with Crippen LogP contribution in [0.25, 0.3) is 10.8 Å². The number of nitriles is 1. The van der Waals surface area contributed by atoms with Gasteiger partial charge < -0.3 is 10.7 Å². The van der Waals surface area contributed by atoms with Crippen LogP contribution in [0.2, 0.25) is 0 Å². The summed E-state index contributed by atoms with van der Waals surface area (Å²) in [6.45, 7) is 0.414. The fourth-order valence-corrected chi connectivity index (χ4v) is 3.54. The molecule has 0 saturated heterocycles. The van der Waals surface area contributed by atoms with E-state index in [-0.39, 0.29) is 11.7 Å². The first-order valence-corrected chi connectivity index (χ1v) is 9.48. The van der Waals surface area contributed by atoms with Gasteiger partial charge in [0.2, 0.25) is 11.1 Å². The van der Waals surface area contributed by atoms with Crippen LogP contribution in [0.15, 0.2) is 47.6 Å². The monoisotopic (exact) mass is 380 g/mol. The van der Waals surface area contributed by atoms with Gasteiger partial charge in [-0.15, -0.1) is 10.2 Å². The molecule has 2 N–H and O–H groups in total. The van der Waals surface area contributed by atoms with Gasteiger partial charge in [-0.25, -0.2) is 4.68 Å². The topological polar surface area (TPSA) is 101 Å². The summed E-state index contributed by atoms with van der Waals surface area (Å²) in [4.78, 5) is 13.6. The average molecular weight is 380 g/mol. The number of carbonyl (C=O) groups is 1. The molecule has 7 nitrogen and oxygen atoms in total. The molecule has 3 rings (SSSR count). The van der Waals surface area contributed by atoms with Crippen LogP contribution in [0, 0.1) is 11.3 Å². The van der Waals surface area contributed by atoms with Crippen LogP contribution in [-0.4, -0.2) is 45.0 Å². The highest BCUT2D eigenvalue weighted by Crippen LogP contribution is 2.22. The highest BCUT2D eigenvalue weighted by atomic mass is 32.2. The van der Waals surface area contributed by atoms with E-state index in [2.05, 4.69) is 34.5 Å². The number of thioether (sulfide) groups is 1. The van der Waals surface area contributed by atoms with E-state index < -0.39 is 0 Å². The number of hydrogen-bond donors (Lipinski definition) is 1. The van der Waals surface area contributed by atoms with Crippen molar-refractivity contribution >= 4 is 28.4 Å². The number of rotatable bonds is 7. The first-order valence-electron chi connectivity index (χ1n) is 8.50. The van der Waals surface area contributed by atoms with Gasteiger partial charge in [-0.1, -0.05) is 54.2 Å². The van der Waals surface area contributed by atoms with E-state index in [0.29, 0.717) is 30.4 Å².